The van der Waals surface area contributed by atoms with Crippen LogP contribution in [0.1, 0.15) is 25.5 Å². The van der Waals surface area contributed by atoms with E-state index in [2.05, 4.69) is 5.32 Å². The number of halogens is 1. The highest BCUT2D eigenvalue weighted by molar-refractivity contribution is 5.90. The standard InChI is InChI=1S/C16H16FNO3/c1-10(19)16-12(17)6-5-9-15(16)21-14-8-4-3-7-13(14)18-11(2)20/h3-10,19H,1-2H3,(H,18,20). The number of aliphatic hydroxyl groups excluding tert-OH is 1. The smallest absolute Gasteiger partial charge is 0.221 e. The number of benzene rings is 2. The lowest BCUT2D eigenvalue weighted by atomic mass is 10.1. The van der Waals surface area contributed by atoms with Gasteiger partial charge in [0.15, 0.2) is 5.75 Å². The number of para-hydroxylation sites is 2. The van der Waals surface area contributed by atoms with Crippen LogP contribution in [0, 0.1) is 5.82 Å². The summed E-state index contributed by atoms with van der Waals surface area (Å²) in [7, 11) is 0. The number of hydrogen-bond donors (Lipinski definition) is 2. The van der Waals surface area contributed by atoms with E-state index in [4.69, 9.17) is 4.74 Å². The van der Waals surface area contributed by atoms with Crippen LogP contribution >= 0.6 is 0 Å². The highest BCUT2D eigenvalue weighted by Crippen LogP contribution is 2.34. The van der Waals surface area contributed by atoms with E-state index < -0.39 is 11.9 Å². The summed E-state index contributed by atoms with van der Waals surface area (Å²) >= 11 is 0. The highest BCUT2D eigenvalue weighted by atomic mass is 19.1. The van der Waals surface area contributed by atoms with Crippen LogP contribution in [0.25, 0.3) is 0 Å². The fraction of sp³-hybridized carbons (Fsp3) is 0.188. The molecule has 21 heavy (non-hydrogen) atoms. The summed E-state index contributed by atoms with van der Waals surface area (Å²) in [4.78, 5) is 11.2. The minimum Gasteiger partial charge on any atom is -0.455 e. The second-order valence-corrected chi connectivity index (χ2v) is 4.61. The number of ether oxygens (including phenoxy) is 1. The fourth-order valence-corrected chi connectivity index (χ4v) is 1.98. The first-order chi connectivity index (χ1) is 9.99. The maximum Gasteiger partial charge on any atom is 0.221 e. The van der Waals surface area contributed by atoms with Crippen molar-refractivity contribution in [1.29, 1.82) is 0 Å². The van der Waals surface area contributed by atoms with Gasteiger partial charge in [-0.1, -0.05) is 18.2 Å². The molecule has 2 aromatic carbocycles. The topological polar surface area (TPSA) is 58.6 Å². The Kier molecular flexibility index (Phi) is 4.55. The van der Waals surface area contributed by atoms with E-state index in [1.54, 1.807) is 30.3 Å². The Bertz CT molecular complexity index is 656. The van der Waals surface area contributed by atoms with Gasteiger partial charge in [-0.05, 0) is 31.2 Å². The first kappa shape index (κ1) is 15.0. The Hall–Kier alpha value is -2.40. The van der Waals surface area contributed by atoms with Gasteiger partial charge in [-0.3, -0.25) is 4.79 Å². The molecule has 0 aliphatic carbocycles. The second-order valence-electron chi connectivity index (χ2n) is 4.61. The van der Waals surface area contributed by atoms with Gasteiger partial charge in [0, 0.05) is 6.92 Å². The van der Waals surface area contributed by atoms with Crippen molar-refractivity contribution in [3.05, 3.63) is 53.8 Å². The van der Waals surface area contributed by atoms with Crippen LogP contribution in [0.5, 0.6) is 11.5 Å². The van der Waals surface area contributed by atoms with Gasteiger partial charge in [0.1, 0.15) is 11.6 Å². The van der Waals surface area contributed by atoms with Gasteiger partial charge < -0.3 is 15.2 Å². The lowest BCUT2D eigenvalue weighted by Crippen LogP contribution is -2.07. The summed E-state index contributed by atoms with van der Waals surface area (Å²) in [6.07, 6.45) is -1.01. The summed E-state index contributed by atoms with van der Waals surface area (Å²) in [5.74, 6) is -0.191. The molecule has 0 aliphatic heterocycles. The molecule has 0 aromatic heterocycles. The number of aliphatic hydroxyl groups is 1. The zero-order chi connectivity index (χ0) is 15.4. The molecule has 5 heteroatoms. The van der Waals surface area contributed by atoms with Crippen molar-refractivity contribution in [2.24, 2.45) is 0 Å². The van der Waals surface area contributed by atoms with Crippen LogP contribution in [0.4, 0.5) is 10.1 Å². The fourth-order valence-electron chi connectivity index (χ4n) is 1.98. The predicted molar refractivity (Wildman–Crippen MR) is 77.9 cm³/mol. The van der Waals surface area contributed by atoms with E-state index in [1.165, 1.54) is 26.0 Å². The third-order valence-corrected chi connectivity index (χ3v) is 2.85. The molecule has 0 heterocycles. The van der Waals surface area contributed by atoms with Gasteiger partial charge in [-0.25, -0.2) is 4.39 Å². The molecule has 0 aliphatic rings. The number of carbonyl (C=O) groups excluding carboxylic acids is 1. The molecule has 1 atom stereocenters. The van der Waals surface area contributed by atoms with Crippen molar-refractivity contribution >= 4 is 11.6 Å². The van der Waals surface area contributed by atoms with E-state index in [-0.39, 0.29) is 17.2 Å². The minimum absolute atomic E-state index is 0.0788. The molecule has 4 nitrogen and oxygen atoms in total. The van der Waals surface area contributed by atoms with Gasteiger partial charge in [-0.15, -0.1) is 0 Å². The van der Waals surface area contributed by atoms with Crippen molar-refractivity contribution < 1.29 is 19.0 Å². The molecule has 2 N–H and O–H groups in total. The molecule has 0 saturated heterocycles. The normalized spacial score (nSPS) is 11.8. The third kappa shape index (κ3) is 3.58. The molecular formula is C16H16FNO3. The van der Waals surface area contributed by atoms with Crippen LogP contribution < -0.4 is 10.1 Å². The lowest BCUT2D eigenvalue weighted by molar-refractivity contribution is -0.114. The van der Waals surface area contributed by atoms with Crippen molar-refractivity contribution in [2.75, 3.05) is 5.32 Å². The summed E-state index contributed by atoms with van der Waals surface area (Å²) in [5.41, 5.74) is 0.556. The Morgan fingerprint density at radius 3 is 2.52 bits per heavy atom. The minimum atomic E-state index is -1.01. The molecule has 2 aromatic rings. The third-order valence-electron chi connectivity index (χ3n) is 2.85. The molecule has 1 unspecified atom stereocenters. The van der Waals surface area contributed by atoms with E-state index in [0.717, 1.165) is 0 Å². The van der Waals surface area contributed by atoms with E-state index in [0.29, 0.717) is 11.4 Å². The molecule has 0 bridgehead atoms. The molecule has 1 amide bonds. The van der Waals surface area contributed by atoms with Crippen molar-refractivity contribution in [3.8, 4) is 11.5 Å². The van der Waals surface area contributed by atoms with Crippen LogP contribution in [-0.4, -0.2) is 11.0 Å². The molecule has 0 spiro atoms. The molecule has 110 valence electrons. The number of nitrogens with one attached hydrogen (secondary N) is 1. The zero-order valence-electron chi connectivity index (χ0n) is 11.8. The SMILES string of the molecule is CC(=O)Nc1ccccc1Oc1cccc(F)c1C(C)O. The summed E-state index contributed by atoms with van der Waals surface area (Å²) in [6.45, 7) is 2.85. The van der Waals surface area contributed by atoms with Gasteiger partial charge in [0.05, 0.1) is 17.4 Å². The monoisotopic (exact) mass is 289 g/mol. The Balaban J connectivity index is 2.39. The number of carbonyl (C=O) groups is 1. The maximum absolute atomic E-state index is 13.8. The number of hydrogen-bond acceptors (Lipinski definition) is 3. The van der Waals surface area contributed by atoms with Crippen molar-refractivity contribution in [3.63, 3.8) is 0 Å². The second kappa shape index (κ2) is 6.37. The number of amides is 1. The first-order valence-electron chi connectivity index (χ1n) is 6.50. The van der Waals surface area contributed by atoms with E-state index >= 15 is 0 Å². The van der Waals surface area contributed by atoms with Crippen molar-refractivity contribution in [1.82, 2.24) is 0 Å². The molecular weight excluding hydrogens is 273 g/mol. The lowest BCUT2D eigenvalue weighted by Gasteiger charge is -2.16. The van der Waals surface area contributed by atoms with Gasteiger partial charge >= 0.3 is 0 Å². The summed E-state index contributed by atoms with van der Waals surface area (Å²) in [6, 6.07) is 11.1. The quantitative estimate of drug-likeness (QED) is 0.903. The molecule has 0 saturated carbocycles. The summed E-state index contributed by atoms with van der Waals surface area (Å²) < 4.78 is 19.5. The number of rotatable bonds is 4. The van der Waals surface area contributed by atoms with Crippen molar-refractivity contribution in [2.45, 2.75) is 20.0 Å². The largest absolute Gasteiger partial charge is 0.455 e. The van der Waals surface area contributed by atoms with Crippen LogP contribution in [-0.2, 0) is 4.79 Å². The predicted octanol–water partition coefficient (Wildman–Crippen LogP) is 3.63. The van der Waals surface area contributed by atoms with Gasteiger partial charge in [-0.2, -0.15) is 0 Å². The van der Waals surface area contributed by atoms with Crippen LogP contribution in [0.15, 0.2) is 42.5 Å². The maximum atomic E-state index is 13.8. The van der Waals surface area contributed by atoms with Gasteiger partial charge in [0.2, 0.25) is 5.91 Å². The Labute approximate surface area is 122 Å². The Morgan fingerprint density at radius 1 is 1.19 bits per heavy atom. The molecule has 0 radical (unpaired) electrons. The van der Waals surface area contributed by atoms with E-state index in [9.17, 15) is 14.3 Å². The highest BCUT2D eigenvalue weighted by Gasteiger charge is 2.16. The average Bonchev–Trinajstić information content (AvgIpc) is 2.40. The summed E-state index contributed by atoms with van der Waals surface area (Å²) in [5, 5.41) is 12.3. The first-order valence-corrected chi connectivity index (χ1v) is 6.50. The zero-order valence-corrected chi connectivity index (χ0v) is 11.8. The molecule has 2 rings (SSSR count). The van der Waals surface area contributed by atoms with Crippen LogP contribution in [0.3, 0.4) is 0 Å². The molecule has 0 fully saturated rings. The Morgan fingerprint density at radius 2 is 1.86 bits per heavy atom. The van der Waals surface area contributed by atoms with Gasteiger partial charge in [0.25, 0.3) is 0 Å². The average molecular weight is 289 g/mol. The van der Waals surface area contributed by atoms with Crippen LogP contribution in [0.2, 0.25) is 0 Å². The van der Waals surface area contributed by atoms with E-state index in [1.807, 2.05) is 0 Å². The number of anilines is 1.